The monoisotopic (exact) mass is 1380 g/mol. The molecule has 93 heavy (non-hydrogen) atoms. The summed E-state index contributed by atoms with van der Waals surface area (Å²) in [7, 11) is 0. The highest BCUT2D eigenvalue weighted by Gasteiger charge is 2.48. The van der Waals surface area contributed by atoms with Gasteiger partial charge in [-0.2, -0.15) is 0 Å². The van der Waals surface area contributed by atoms with Crippen molar-refractivity contribution in [2.75, 3.05) is 119 Å². The van der Waals surface area contributed by atoms with Crippen LogP contribution in [0.3, 0.4) is 0 Å². The number of carbonyl (C=O) groups is 7. The van der Waals surface area contributed by atoms with Gasteiger partial charge in [-0.3, -0.25) is 38.9 Å². The molecular formula is C55H99N8O28PS. The molecule has 0 aromatic rings. The molecule has 4 rings (SSSR count). The lowest BCUT2D eigenvalue weighted by Gasteiger charge is -2.42. The van der Waals surface area contributed by atoms with Crippen LogP contribution in [0.4, 0.5) is 0 Å². The minimum absolute atomic E-state index is 0.000165. The Morgan fingerprint density at radius 2 is 0.882 bits per heavy atom. The number of rotatable bonds is 43. The molecule has 0 spiro atoms. The fourth-order valence-electron chi connectivity index (χ4n) is 10.4. The molecule has 0 aromatic carbocycles. The van der Waals surface area contributed by atoms with Gasteiger partial charge in [0.05, 0.1) is 105 Å². The smallest absolute Gasteiger partial charge is 0.242 e. The number of nitrogens with one attached hydrogen (secondary N) is 8. The van der Waals surface area contributed by atoms with Crippen molar-refractivity contribution >= 4 is 59.6 Å². The third kappa shape index (κ3) is 29.8. The first-order valence-corrected chi connectivity index (χ1v) is 34.1. The molecule has 538 valence electrons. The zero-order chi connectivity index (χ0) is 68.6. The Morgan fingerprint density at radius 1 is 0.505 bits per heavy atom. The van der Waals surface area contributed by atoms with Crippen LogP contribution in [0.1, 0.15) is 72.1 Å². The summed E-state index contributed by atoms with van der Waals surface area (Å²) in [5.74, 6) is -3.87. The van der Waals surface area contributed by atoms with Crippen molar-refractivity contribution in [1.82, 2.24) is 42.5 Å². The molecule has 36 nitrogen and oxygen atoms in total. The van der Waals surface area contributed by atoms with Gasteiger partial charge in [0.2, 0.25) is 41.4 Å². The Labute approximate surface area is 543 Å². The highest BCUT2D eigenvalue weighted by atomic mass is 32.5. The second-order valence-electron chi connectivity index (χ2n) is 22.7. The fraction of sp³-hybridized carbons (Fsp3) is 0.873. The molecule has 3 heterocycles. The zero-order valence-corrected chi connectivity index (χ0v) is 54.5. The molecule has 1 saturated carbocycles. The van der Waals surface area contributed by atoms with Gasteiger partial charge < -0.3 is 140 Å². The van der Waals surface area contributed by atoms with Crippen LogP contribution >= 0.6 is 6.49 Å². The van der Waals surface area contributed by atoms with Crippen LogP contribution in [0.15, 0.2) is 0 Å². The van der Waals surface area contributed by atoms with Crippen LogP contribution in [-0.2, 0) is 97.3 Å². The molecule has 3 aliphatic heterocycles. The zero-order valence-electron chi connectivity index (χ0n) is 52.8. The lowest BCUT2D eigenvalue weighted by molar-refractivity contribution is -0.272. The highest BCUT2D eigenvalue weighted by Crippen LogP contribution is 2.42. The molecule has 18 atom stereocenters. The third-order valence-corrected chi connectivity index (χ3v) is 16.1. The number of aliphatic hydroxyl groups is 9. The van der Waals surface area contributed by atoms with E-state index >= 15 is 0 Å². The fourth-order valence-corrected chi connectivity index (χ4v) is 11.5. The summed E-state index contributed by atoms with van der Waals surface area (Å²) in [6.45, 7) is -0.249. The Hall–Kier alpha value is -3.94. The van der Waals surface area contributed by atoms with Crippen molar-refractivity contribution in [2.45, 2.75) is 182 Å². The van der Waals surface area contributed by atoms with Gasteiger partial charge in [0.1, 0.15) is 79.1 Å². The Morgan fingerprint density at radius 3 is 1.27 bits per heavy atom. The second-order valence-corrected chi connectivity index (χ2v) is 26.6. The summed E-state index contributed by atoms with van der Waals surface area (Å²) < 4.78 is 61.9. The van der Waals surface area contributed by atoms with Crippen LogP contribution in [0.2, 0.25) is 0 Å². The quantitative estimate of drug-likeness (QED) is 0.0153. The van der Waals surface area contributed by atoms with Crippen LogP contribution in [-0.4, -0.2) is 321 Å². The molecule has 0 radical (unpaired) electrons. The molecule has 4 fully saturated rings. The van der Waals surface area contributed by atoms with Crippen LogP contribution in [0.5, 0.6) is 0 Å². The second kappa shape index (κ2) is 43.4. The Kier molecular flexibility index (Phi) is 38.0. The minimum atomic E-state index is -2.83. The molecule has 7 amide bonds. The van der Waals surface area contributed by atoms with Gasteiger partial charge in [-0.1, -0.05) is 0 Å². The number of ether oxygens (including phenoxy) is 10. The van der Waals surface area contributed by atoms with Gasteiger partial charge in [-0.05, 0) is 56.2 Å². The summed E-state index contributed by atoms with van der Waals surface area (Å²) in [5, 5.41) is 112. The van der Waals surface area contributed by atoms with E-state index in [-0.39, 0.29) is 124 Å². The SMILES string of the molecule is CC(=O)NC1C(OCCOCCNC(=O)CCC(NC(=O)CCC(NCOCC2CCC(OP(C)(O)=S)CC2)C(=O)NCCOCCOC2OC(CO)C(O)C(O)C2NC(C)=O)C(=O)NCCOCCOC2OC(CO)C(O)C(O)C2NC(C)=O)OC(CO)C(O)C1O. The maximum Gasteiger partial charge on any atom is 0.242 e. The van der Waals surface area contributed by atoms with Gasteiger partial charge in [-0.15, -0.1) is 0 Å². The molecule has 18 unspecified atom stereocenters. The number of carbonyl (C=O) groups excluding carboxylic acids is 7. The highest BCUT2D eigenvalue weighted by molar-refractivity contribution is 8.09. The summed E-state index contributed by atoms with van der Waals surface area (Å²) in [5.41, 5.74) is 0. The van der Waals surface area contributed by atoms with Gasteiger partial charge in [0, 0.05) is 59.9 Å². The van der Waals surface area contributed by atoms with Crippen LogP contribution < -0.4 is 42.5 Å². The van der Waals surface area contributed by atoms with Crippen molar-refractivity contribution in [3.63, 3.8) is 0 Å². The van der Waals surface area contributed by atoms with Gasteiger partial charge in [-0.25, -0.2) is 0 Å². The topological polar surface area (TPSA) is 520 Å². The van der Waals surface area contributed by atoms with E-state index in [9.17, 15) is 84.4 Å². The molecule has 38 heteroatoms. The van der Waals surface area contributed by atoms with Gasteiger partial charge in [0.25, 0.3) is 0 Å². The average molecular weight is 1380 g/mol. The van der Waals surface area contributed by atoms with Crippen molar-refractivity contribution in [3.05, 3.63) is 0 Å². The molecule has 18 N–H and O–H groups in total. The normalized spacial score (nSPS) is 30.2. The molecule has 0 aromatic heterocycles. The van der Waals surface area contributed by atoms with E-state index in [1.54, 1.807) is 0 Å². The first-order chi connectivity index (χ1) is 44.3. The first kappa shape index (κ1) is 81.5. The summed E-state index contributed by atoms with van der Waals surface area (Å²) in [4.78, 5) is 99.7. The maximum absolute atomic E-state index is 13.7. The van der Waals surface area contributed by atoms with Gasteiger partial charge >= 0.3 is 0 Å². The number of hydrogen-bond acceptors (Lipinski definition) is 29. The first-order valence-electron chi connectivity index (χ1n) is 30.9. The number of amides is 7. The standard InChI is InChI=1S/C55H99N8O28PS/c1-30(67)60-42-48(75)45(72)37(25-64)88-53(42)85-22-19-81-16-13-56-40(70)11-10-36(52(79)58-15-18-83-21-24-87-55-44(62-32(3)69)50(77)47(74)39(27-66)90-55)63-41(71)12-9-35(59-29-84-28-33-5-7-34(8-6-33)91-92(4,80)93)51(78)57-14-17-82-20-23-86-54-43(61-31(2)68)49(76)46(73)38(26-65)89-54/h33-39,42-50,53-55,59,64-66,72-77H,5-29H2,1-4H3,(H,56,70)(H,57,78)(H,58,79)(H,60,67)(H,61,68)(H,62,69)(H,63,71)(H,80,93). The molecule has 1 aliphatic carbocycles. The predicted molar refractivity (Wildman–Crippen MR) is 323 cm³/mol. The molecular weight excluding hydrogens is 1280 g/mol. The Balaban J connectivity index is 1.33. The van der Waals surface area contributed by atoms with Crippen LogP contribution in [0, 0.1) is 5.92 Å². The van der Waals surface area contributed by atoms with E-state index in [1.165, 1.54) is 27.4 Å². The predicted octanol–water partition coefficient (Wildman–Crippen LogP) is -8.25. The summed E-state index contributed by atoms with van der Waals surface area (Å²) >= 11 is 5.05. The molecule has 0 bridgehead atoms. The third-order valence-electron chi connectivity index (χ3n) is 15.2. The molecule has 3 saturated heterocycles. The van der Waals surface area contributed by atoms with Crippen molar-refractivity contribution in [1.29, 1.82) is 0 Å². The van der Waals surface area contributed by atoms with Gasteiger partial charge in [0.15, 0.2) is 25.4 Å². The van der Waals surface area contributed by atoms with E-state index in [0.29, 0.717) is 19.4 Å². The summed E-state index contributed by atoms with van der Waals surface area (Å²) in [6.07, 6.45) is -14.6. The van der Waals surface area contributed by atoms with Crippen molar-refractivity contribution in [2.24, 2.45) is 5.92 Å². The maximum atomic E-state index is 13.7. The lowest BCUT2D eigenvalue weighted by Crippen LogP contribution is -2.64. The minimum Gasteiger partial charge on any atom is -0.394 e. The van der Waals surface area contributed by atoms with E-state index in [0.717, 1.165) is 12.8 Å². The number of hydrogen-bond donors (Lipinski definition) is 18. The van der Waals surface area contributed by atoms with E-state index in [2.05, 4.69) is 42.5 Å². The van der Waals surface area contributed by atoms with E-state index in [1.807, 2.05) is 0 Å². The molecule has 4 aliphatic rings. The van der Waals surface area contributed by atoms with E-state index < -0.39 is 172 Å². The van der Waals surface area contributed by atoms with Crippen molar-refractivity contribution < 1.29 is 136 Å². The average Bonchev–Trinajstić information content (AvgIpc) is 1.04. The number of aliphatic hydroxyl groups excluding tert-OH is 9. The largest absolute Gasteiger partial charge is 0.394 e. The summed E-state index contributed by atoms with van der Waals surface area (Å²) in [6, 6.07) is -5.82. The van der Waals surface area contributed by atoms with Crippen LogP contribution in [0.25, 0.3) is 0 Å². The van der Waals surface area contributed by atoms with Crippen molar-refractivity contribution in [3.8, 4) is 0 Å². The lowest BCUT2D eigenvalue weighted by atomic mass is 9.88. The Bertz CT molecular complexity index is 2300. The van der Waals surface area contributed by atoms with E-state index in [4.69, 9.17) is 63.7 Å².